The van der Waals surface area contributed by atoms with Crippen LogP contribution in [0.2, 0.25) is 0 Å². The van der Waals surface area contributed by atoms with Crippen LogP contribution in [0.15, 0.2) is 30.3 Å². The topological polar surface area (TPSA) is 68.1 Å². The summed E-state index contributed by atoms with van der Waals surface area (Å²) < 4.78 is 8.27. The van der Waals surface area contributed by atoms with E-state index < -0.39 is 0 Å². The van der Waals surface area contributed by atoms with Crippen molar-refractivity contribution < 1.29 is 4.74 Å². The minimum atomic E-state index is -0.0598. The molecule has 1 fully saturated rings. The van der Waals surface area contributed by atoms with Crippen LogP contribution in [0.3, 0.4) is 0 Å². The standard InChI is InChI=1S/C25H34N6O/c1-16(2)31-20(6)22(19(5)29-31)14-30-10-11-32-24(15-30)23-13-21(12-18(4)26-23)28-25-9-7-8-17(3)27-25/h7-9,12-13,16,24H,10-11,14-15H2,1-6H3,(H,26,27,28)/t24-/m0/s1. The highest BCUT2D eigenvalue weighted by Gasteiger charge is 2.25. The minimum Gasteiger partial charge on any atom is -0.369 e. The molecular formula is C25H34N6O. The summed E-state index contributed by atoms with van der Waals surface area (Å²) in [7, 11) is 0. The van der Waals surface area contributed by atoms with Crippen LogP contribution in [0.5, 0.6) is 0 Å². The molecule has 170 valence electrons. The average molecular weight is 435 g/mol. The molecular weight excluding hydrogens is 400 g/mol. The molecule has 0 unspecified atom stereocenters. The first-order chi connectivity index (χ1) is 15.3. The number of rotatable bonds is 6. The van der Waals surface area contributed by atoms with Gasteiger partial charge in [0.2, 0.25) is 0 Å². The van der Waals surface area contributed by atoms with Gasteiger partial charge in [-0.3, -0.25) is 14.6 Å². The number of hydrogen-bond donors (Lipinski definition) is 1. The Morgan fingerprint density at radius 1 is 1.09 bits per heavy atom. The fourth-order valence-electron chi connectivity index (χ4n) is 4.37. The molecule has 1 saturated heterocycles. The Kier molecular flexibility index (Phi) is 6.58. The third-order valence-electron chi connectivity index (χ3n) is 5.96. The normalized spacial score (nSPS) is 17.2. The summed E-state index contributed by atoms with van der Waals surface area (Å²) in [5.41, 5.74) is 7.58. The Balaban J connectivity index is 1.50. The van der Waals surface area contributed by atoms with Gasteiger partial charge in [0.05, 0.1) is 18.0 Å². The molecule has 7 heteroatoms. The number of aryl methyl sites for hydroxylation is 3. The van der Waals surface area contributed by atoms with E-state index in [0.29, 0.717) is 12.6 Å². The predicted molar refractivity (Wildman–Crippen MR) is 127 cm³/mol. The highest BCUT2D eigenvalue weighted by Crippen LogP contribution is 2.27. The second-order valence-corrected chi connectivity index (χ2v) is 8.99. The van der Waals surface area contributed by atoms with Crippen molar-refractivity contribution in [2.45, 2.75) is 60.2 Å². The SMILES string of the molecule is Cc1cccc(Nc2cc(C)nc([C@@H]3CN(Cc4c(C)nn(C(C)C)c4C)CCO3)c2)n1. The maximum absolute atomic E-state index is 6.15. The maximum atomic E-state index is 6.15. The maximum Gasteiger partial charge on any atom is 0.130 e. The van der Waals surface area contributed by atoms with Crippen LogP contribution in [0.25, 0.3) is 0 Å². The van der Waals surface area contributed by atoms with E-state index in [2.05, 4.69) is 53.6 Å². The van der Waals surface area contributed by atoms with Crippen molar-refractivity contribution in [3.05, 3.63) is 64.4 Å². The number of morpholine rings is 1. The van der Waals surface area contributed by atoms with Crippen LogP contribution in [0, 0.1) is 27.7 Å². The molecule has 1 atom stereocenters. The highest BCUT2D eigenvalue weighted by atomic mass is 16.5. The largest absolute Gasteiger partial charge is 0.369 e. The van der Waals surface area contributed by atoms with E-state index in [4.69, 9.17) is 14.8 Å². The molecule has 4 heterocycles. The fraction of sp³-hybridized carbons (Fsp3) is 0.480. The van der Waals surface area contributed by atoms with E-state index in [1.807, 2.05) is 38.1 Å². The summed E-state index contributed by atoms with van der Waals surface area (Å²) in [4.78, 5) is 11.8. The molecule has 4 rings (SSSR count). The molecule has 1 aliphatic rings. The molecule has 0 radical (unpaired) electrons. The summed E-state index contributed by atoms with van der Waals surface area (Å²) in [6.45, 7) is 15.9. The molecule has 3 aromatic heterocycles. The number of anilines is 2. The summed E-state index contributed by atoms with van der Waals surface area (Å²) in [5, 5.41) is 8.17. The monoisotopic (exact) mass is 434 g/mol. The van der Waals surface area contributed by atoms with Crippen molar-refractivity contribution in [3.8, 4) is 0 Å². The van der Waals surface area contributed by atoms with Crippen molar-refractivity contribution in [2.75, 3.05) is 25.0 Å². The van der Waals surface area contributed by atoms with Crippen molar-refractivity contribution in [1.29, 1.82) is 0 Å². The molecule has 32 heavy (non-hydrogen) atoms. The quantitative estimate of drug-likeness (QED) is 0.601. The number of ether oxygens (including phenoxy) is 1. The Bertz CT molecular complexity index is 1090. The van der Waals surface area contributed by atoms with E-state index in [1.165, 1.54) is 11.3 Å². The van der Waals surface area contributed by atoms with Crippen LogP contribution in [-0.4, -0.2) is 44.3 Å². The number of nitrogens with one attached hydrogen (secondary N) is 1. The van der Waals surface area contributed by atoms with Crippen molar-refractivity contribution in [3.63, 3.8) is 0 Å². The number of hydrogen-bond acceptors (Lipinski definition) is 6. The smallest absolute Gasteiger partial charge is 0.130 e. The van der Waals surface area contributed by atoms with Gasteiger partial charge in [0, 0.05) is 54.0 Å². The highest BCUT2D eigenvalue weighted by molar-refractivity contribution is 5.57. The van der Waals surface area contributed by atoms with Gasteiger partial charge in [0.25, 0.3) is 0 Å². The predicted octanol–water partition coefficient (Wildman–Crippen LogP) is 4.80. The van der Waals surface area contributed by atoms with Gasteiger partial charge in [-0.2, -0.15) is 5.10 Å². The fourth-order valence-corrected chi connectivity index (χ4v) is 4.37. The van der Waals surface area contributed by atoms with Gasteiger partial charge in [0.1, 0.15) is 11.9 Å². The van der Waals surface area contributed by atoms with Gasteiger partial charge < -0.3 is 10.1 Å². The van der Waals surface area contributed by atoms with E-state index in [9.17, 15) is 0 Å². The zero-order valence-corrected chi connectivity index (χ0v) is 20.0. The van der Waals surface area contributed by atoms with E-state index in [1.54, 1.807) is 0 Å². The Hall–Kier alpha value is -2.77. The van der Waals surface area contributed by atoms with Gasteiger partial charge in [-0.25, -0.2) is 4.98 Å². The lowest BCUT2D eigenvalue weighted by Crippen LogP contribution is -2.38. The lowest BCUT2D eigenvalue weighted by molar-refractivity contribution is -0.0351. The van der Waals surface area contributed by atoms with Crippen LogP contribution in [0.1, 0.15) is 60.0 Å². The van der Waals surface area contributed by atoms with Crippen LogP contribution >= 0.6 is 0 Å². The third kappa shape index (κ3) is 5.00. The Morgan fingerprint density at radius 2 is 1.91 bits per heavy atom. The first-order valence-corrected chi connectivity index (χ1v) is 11.4. The van der Waals surface area contributed by atoms with E-state index in [-0.39, 0.29) is 6.10 Å². The van der Waals surface area contributed by atoms with Crippen LogP contribution in [-0.2, 0) is 11.3 Å². The van der Waals surface area contributed by atoms with Crippen molar-refractivity contribution >= 4 is 11.5 Å². The summed E-state index contributed by atoms with van der Waals surface area (Å²) in [5.74, 6) is 0.834. The van der Waals surface area contributed by atoms with Crippen LogP contribution in [0.4, 0.5) is 11.5 Å². The third-order valence-corrected chi connectivity index (χ3v) is 5.96. The first-order valence-electron chi connectivity index (χ1n) is 11.4. The molecule has 3 aromatic rings. The minimum absolute atomic E-state index is 0.0598. The zero-order valence-electron chi connectivity index (χ0n) is 20.0. The lowest BCUT2D eigenvalue weighted by Gasteiger charge is -2.33. The molecule has 0 amide bonds. The number of nitrogens with zero attached hydrogens (tertiary/aromatic N) is 5. The molecule has 1 N–H and O–H groups in total. The number of aromatic nitrogens is 4. The summed E-state index contributed by atoms with van der Waals surface area (Å²) in [6, 6.07) is 10.5. The van der Waals surface area contributed by atoms with Crippen molar-refractivity contribution in [2.24, 2.45) is 0 Å². The van der Waals surface area contributed by atoms with Gasteiger partial charge in [-0.1, -0.05) is 6.07 Å². The zero-order chi connectivity index (χ0) is 22.8. The molecule has 7 nitrogen and oxygen atoms in total. The molecule has 0 spiro atoms. The van der Waals surface area contributed by atoms with Crippen LogP contribution < -0.4 is 5.32 Å². The van der Waals surface area contributed by atoms with E-state index in [0.717, 1.165) is 53.9 Å². The Labute approximate surface area is 190 Å². The van der Waals surface area contributed by atoms with Gasteiger partial charge in [-0.05, 0) is 65.8 Å². The summed E-state index contributed by atoms with van der Waals surface area (Å²) >= 11 is 0. The second-order valence-electron chi connectivity index (χ2n) is 8.99. The number of pyridine rings is 2. The van der Waals surface area contributed by atoms with Gasteiger partial charge >= 0.3 is 0 Å². The Morgan fingerprint density at radius 3 is 2.62 bits per heavy atom. The summed E-state index contributed by atoms with van der Waals surface area (Å²) in [6.07, 6.45) is -0.0598. The molecule has 0 aromatic carbocycles. The van der Waals surface area contributed by atoms with Crippen molar-refractivity contribution in [1.82, 2.24) is 24.6 Å². The lowest BCUT2D eigenvalue weighted by atomic mass is 10.1. The second kappa shape index (κ2) is 9.38. The molecule has 0 aliphatic carbocycles. The average Bonchev–Trinajstić information content (AvgIpc) is 3.02. The van der Waals surface area contributed by atoms with E-state index >= 15 is 0 Å². The van der Waals surface area contributed by atoms with Gasteiger partial charge in [-0.15, -0.1) is 0 Å². The van der Waals surface area contributed by atoms with Gasteiger partial charge in [0.15, 0.2) is 0 Å². The molecule has 0 saturated carbocycles. The molecule has 0 bridgehead atoms. The molecule has 1 aliphatic heterocycles. The first kappa shape index (κ1) is 22.4.